The molecular weight excluding hydrogens is 330 g/mol. The second kappa shape index (κ2) is 9.39. The maximum atomic E-state index is 12.3. The average molecular weight is 355 g/mol. The van der Waals surface area contributed by atoms with Crippen LogP contribution < -0.4 is 15.4 Å². The van der Waals surface area contributed by atoms with Gasteiger partial charge in [-0.1, -0.05) is 19.1 Å². The third-order valence-corrected chi connectivity index (χ3v) is 4.90. The second-order valence-corrected chi connectivity index (χ2v) is 7.28. The molecule has 8 heteroatoms. The normalized spacial score (nSPS) is 11.1. The molecule has 1 aromatic rings. The van der Waals surface area contributed by atoms with Crippen LogP contribution in [0.15, 0.2) is 23.1 Å². The number of benzene rings is 1. The molecule has 0 spiro atoms. The van der Waals surface area contributed by atoms with E-state index in [-0.39, 0.29) is 36.2 Å². The Balaban J connectivity index is 2.44. The smallest absolute Gasteiger partial charge is 0.240 e. The predicted molar refractivity (Wildman–Crippen MR) is 92.0 cm³/mol. The highest BCUT2D eigenvalue weighted by Gasteiger charge is 2.17. The predicted octanol–water partition coefficient (Wildman–Crippen LogP) is 0.614. The zero-order valence-electron chi connectivity index (χ0n) is 14.3. The summed E-state index contributed by atoms with van der Waals surface area (Å²) >= 11 is 0. The SMILES string of the molecule is CCCNC(=O)CNC(=O)CCNS(=O)(=O)c1cc(C)ccc1C. The fraction of sp³-hybridized carbons (Fsp3) is 0.500. The van der Waals surface area contributed by atoms with Crippen molar-refractivity contribution < 1.29 is 18.0 Å². The molecule has 134 valence electrons. The molecule has 0 unspecified atom stereocenters. The first-order chi connectivity index (χ1) is 11.3. The summed E-state index contributed by atoms with van der Waals surface area (Å²) in [6.07, 6.45) is 0.783. The van der Waals surface area contributed by atoms with Crippen molar-refractivity contribution in [3.05, 3.63) is 29.3 Å². The lowest BCUT2D eigenvalue weighted by atomic mass is 10.2. The Kier molecular flexibility index (Phi) is 7.87. The van der Waals surface area contributed by atoms with E-state index in [1.165, 1.54) is 0 Å². The number of aryl methyl sites for hydroxylation is 2. The van der Waals surface area contributed by atoms with Crippen molar-refractivity contribution in [3.63, 3.8) is 0 Å². The molecule has 0 aliphatic rings. The van der Waals surface area contributed by atoms with Crippen LogP contribution in [0, 0.1) is 13.8 Å². The van der Waals surface area contributed by atoms with Crippen LogP contribution in [-0.4, -0.2) is 39.9 Å². The molecule has 0 saturated carbocycles. The standard InChI is InChI=1S/C16H25N3O4S/c1-4-8-17-16(21)11-18-15(20)7-9-19-24(22,23)14-10-12(2)5-6-13(14)3/h5-6,10,19H,4,7-9,11H2,1-3H3,(H,17,21)(H,18,20). The molecule has 0 aliphatic heterocycles. The number of amides is 2. The first-order valence-electron chi connectivity index (χ1n) is 7.86. The molecule has 1 aromatic carbocycles. The fourth-order valence-electron chi connectivity index (χ4n) is 1.97. The highest BCUT2D eigenvalue weighted by molar-refractivity contribution is 7.89. The highest BCUT2D eigenvalue weighted by Crippen LogP contribution is 2.16. The quantitative estimate of drug-likeness (QED) is 0.604. The summed E-state index contributed by atoms with van der Waals surface area (Å²) in [5.41, 5.74) is 1.49. The van der Waals surface area contributed by atoms with Crippen LogP contribution in [0.5, 0.6) is 0 Å². The summed E-state index contributed by atoms with van der Waals surface area (Å²) in [6.45, 7) is 5.89. The van der Waals surface area contributed by atoms with E-state index in [4.69, 9.17) is 0 Å². The van der Waals surface area contributed by atoms with Crippen molar-refractivity contribution in [3.8, 4) is 0 Å². The van der Waals surface area contributed by atoms with Crippen molar-refractivity contribution >= 4 is 21.8 Å². The molecule has 0 radical (unpaired) electrons. The van der Waals surface area contributed by atoms with Crippen LogP contribution in [0.25, 0.3) is 0 Å². The van der Waals surface area contributed by atoms with Gasteiger partial charge in [0.2, 0.25) is 21.8 Å². The fourth-order valence-corrected chi connectivity index (χ4v) is 3.33. The lowest BCUT2D eigenvalue weighted by molar-refractivity contribution is -0.126. The van der Waals surface area contributed by atoms with E-state index < -0.39 is 10.0 Å². The van der Waals surface area contributed by atoms with Gasteiger partial charge in [0.1, 0.15) is 0 Å². The van der Waals surface area contributed by atoms with Gasteiger partial charge in [0.25, 0.3) is 0 Å². The Labute approximate surface area is 143 Å². The molecule has 0 saturated heterocycles. The van der Waals surface area contributed by atoms with Gasteiger partial charge < -0.3 is 10.6 Å². The van der Waals surface area contributed by atoms with Gasteiger partial charge in [-0.25, -0.2) is 13.1 Å². The Bertz CT molecular complexity index is 687. The molecule has 7 nitrogen and oxygen atoms in total. The van der Waals surface area contributed by atoms with E-state index in [9.17, 15) is 18.0 Å². The van der Waals surface area contributed by atoms with Gasteiger partial charge in [-0.2, -0.15) is 0 Å². The monoisotopic (exact) mass is 355 g/mol. The number of carbonyl (C=O) groups is 2. The van der Waals surface area contributed by atoms with E-state index in [1.807, 2.05) is 19.9 Å². The molecule has 0 aliphatic carbocycles. The van der Waals surface area contributed by atoms with Gasteiger partial charge in [0, 0.05) is 19.5 Å². The van der Waals surface area contributed by atoms with Gasteiger partial charge in [0.15, 0.2) is 0 Å². The number of carbonyl (C=O) groups excluding carboxylic acids is 2. The van der Waals surface area contributed by atoms with Crippen LogP contribution in [0.2, 0.25) is 0 Å². The number of sulfonamides is 1. The lowest BCUT2D eigenvalue weighted by Crippen LogP contribution is -2.38. The molecule has 2 amide bonds. The average Bonchev–Trinajstić information content (AvgIpc) is 2.52. The number of nitrogens with one attached hydrogen (secondary N) is 3. The van der Waals surface area contributed by atoms with Crippen molar-refractivity contribution in [2.24, 2.45) is 0 Å². The summed E-state index contributed by atoms with van der Waals surface area (Å²) < 4.78 is 26.9. The zero-order chi connectivity index (χ0) is 18.2. The van der Waals surface area contributed by atoms with E-state index in [0.29, 0.717) is 12.1 Å². The topological polar surface area (TPSA) is 104 Å². The maximum absolute atomic E-state index is 12.3. The molecule has 0 heterocycles. The van der Waals surface area contributed by atoms with E-state index in [0.717, 1.165) is 12.0 Å². The van der Waals surface area contributed by atoms with Crippen molar-refractivity contribution in [1.29, 1.82) is 0 Å². The van der Waals surface area contributed by atoms with Gasteiger partial charge in [-0.05, 0) is 37.5 Å². The van der Waals surface area contributed by atoms with E-state index in [1.54, 1.807) is 19.1 Å². The second-order valence-electron chi connectivity index (χ2n) is 5.54. The third kappa shape index (κ3) is 6.67. The molecule has 0 bridgehead atoms. The first kappa shape index (κ1) is 20.1. The Hall–Kier alpha value is -1.93. The van der Waals surface area contributed by atoms with Gasteiger partial charge in [-0.15, -0.1) is 0 Å². The zero-order valence-corrected chi connectivity index (χ0v) is 15.1. The van der Waals surface area contributed by atoms with E-state index >= 15 is 0 Å². The summed E-state index contributed by atoms with van der Waals surface area (Å²) in [6, 6.07) is 5.17. The van der Waals surface area contributed by atoms with Gasteiger partial charge >= 0.3 is 0 Å². The first-order valence-corrected chi connectivity index (χ1v) is 9.35. The summed E-state index contributed by atoms with van der Waals surface area (Å²) in [7, 11) is -3.66. The Morgan fingerprint density at radius 3 is 2.42 bits per heavy atom. The number of rotatable bonds is 9. The minimum absolute atomic E-state index is 0.0296. The molecule has 0 fully saturated rings. The summed E-state index contributed by atoms with van der Waals surface area (Å²) in [5.74, 6) is -0.647. The largest absolute Gasteiger partial charge is 0.355 e. The molecule has 0 atom stereocenters. The Morgan fingerprint density at radius 1 is 1.04 bits per heavy atom. The molecular formula is C16H25N3O4S. The molecule has 24 heavy (non-hydrogen) atoms. The lowest BCUT2D eigenvalue weighted by Gasteiger charge is -2.10. The molecule has 3 N–H and O–H groups in total. The van der Waals surface area contributed by atoms with Crippen molar-refractivity contribution in [2.75, 3.05) is 19.6 Å². The minimum atomic E-state index is -3.66. The highest BCUT2D eigenvalue weighted by atomic mass is 32.2. The third-order valence-electron chi connectivity index (χ3n) is 3.30. The number of hydrogen-bond acceptors (Lipinski definition) is 4. The summed E-state index contributed by atoms with van der Waals surface area (Å²) in [5, 5.41) is 5.09. The summed E-state index contributed by atoms with van der Waals surface area (Å²) in [4.78, 5) is 23.2. The van der Waals surface area contributed by atoms with Crippen LogP contribution >= 0.6 is 0 Å². The maximum Gasteiger partial charge on any atom is 0.240 e. The van der Waals surface area contributed by atoms with Crippen LogP contribution in [0.4, 0.5) is 0 Å². The van der Waals surface area contributed by atoms with Crippen LogP contribution in [-0.2, 0) is 19.6 Å². The van der Waals surface area contributed by atoms with Gasteiger partial charge in [0.05, 0.1) is 11.4 Å². The van der Waals surface area contributed by atoms with E-state index in [2.05, 4.69) is 15.4 Å². The molecule has 1 rings (SSSR count). The van der Waals surface area contributed by atoms with Crippen molar-refractivity contribution in [1.82, 2.24) is 15.4 Å². The van der Waals surface area contributed by atoms with Crippen LogP contribution in [0.1, 0.15) is 30.9 Å². The Morgan fingerprint density at radius 2 is 1.75 bits per heavy atom. The minimum Gasteiger partial charge on any atom is -0.355 e. The van der Waals surface area contributed by atoms with Gasteiger partial charge in [-0.3, -0.25) is 9.59 Å². The number of hydrogen-bond donors (Lipinski definition) is 3. The molecule has 0 aromatic heterocycles. The van der Waals surface area contributed by atoms with Crippen molar-refractivity contribution in [2.45, 2.75) is 38.5 Å². The van der Waals surface area contributed by atoms with Crippen LogP contribution in [0.3, 0.4) is 0 Å².